The smallest absolute Gasteiger partial charge is 0.213 e. The highest BCUT2D eigenvalue weighted by atomic mass is 79.9. The molecule has 0 aromatic carbocycles. The monoisotopic (exact) mass is 329 g/mol. The van der Waals surface area contributed by atoms with E-state index in [2.05, 4.69) is 27.8 Å². The molecule has 0 unspecified atom stereocenters. The highest BCUT2D eigenvalue weighted by Gasteiger charge is 2.17. The largest absolute Gasteiger partial charge is 0.475 e. The molecule has 0 aliphatic heterocycles. The number of ether oxygens (including phenoxy) is 2. The first-order valence-electron chi connectivity index (χ1n) is 6.81. The lowest BCUT2D eigenvalue weighted by Crippen LogP contribution is -2.31. The minimum atomic E-state index is -0.295. The Labute approximate surface area is 124 Å². The molecule has 0 amide bonds. The quantitative estimate of drug-likeness (QED) is 0.663. The van der Waals surface area contributed by atoms with Gasteiger partial charge in [0.2, 0.25) is 5.88 Å². The maximum Gasteiger partial charge on any atom is 0.213 e. The van der Waals surface area contributed by atoms with Crippen LogP contribution in [-0.4, -0.2) is 24.3 Å². The third kappa shape index (κ3) is 5.91. The molecule has 1 aromatic rings. The zero-order valence-electron chi connectivity index (χ0n) is 12.3. The Morgan fingerprint density at radius 2 is 2.05 bits per heavy atom. The Morgan fingerprint density at radius 1 is 1.32 bits per heavy atom. The number of halogens is 1. The van der Waals surface area contributed by atoms with Crippen molar-refractivity contribution < 1.29 is 9.47 Å². The minimum absolute atomic E-state index is 0.295. The molecule has 0 aliphatic rings. The predicted octanol–water partition coefficient (Wildman–Crippen LogP) is 4.38. The van der Waals surface area contributed by atoms with Gasteiger partial charge >= 0.3 is 0 Å². The van der Waals surface area contributed by atoms with Crippen molar-refractivity contribution >= 4 is 15.9 Å². The molecular formula is C15H24BrNO2. The molecule has 19 heavy (non-hydrogen) atoms. The van der Waals surface area contributed by atoms with E-state index in [9.17, 15) is 0 Å². The van der Waals surface area contributed by atoms with Crippen LogP contribution in [-0.2, 0) is 11.2 Å². The maximum atomic E-state index is 5.71. The summed E-state index contributed by atoms with van der Waals surface area (Å²) in [6, 6.07) is 2.02. The zero-order chi connectivity index (χ0) is 14.3. The van der Waals surface area contributed by atoms with Gasteiger partial charge < -0.3 is 9.47 Å². The van der Waals surface area contributed by atoms with E-state index in [0.717, 1.165) is 10.9 Å². The summed E-state index contributed by atoms with van der Waals surface area (Å²) in [5, 5.41) is 0. The molecular weight excluding hydrogens is 306 g/mol. The van der Waals surface area contributed by atoms with Crippen LogP contribution in [0.15, 0.2) is 16.7 Å². The number of pyridine rings is 1. The summed E-state index contributed by atoms with van der Waals surface area (Å²) in [4.78, 5) is 4.28. The molecule has 0 aliphatic carbocycles. The second-order valence-electron chi connectivity index (χ2n) is 5.32. The number of nitrogens with zero attached hydrogens (tertiary/aromatic N) is 1. The van der Waals surface area contributed by atoms with E-state index >= 15 is 0 Å². The van der Waals surface area contributed by atoms with Crippen molar-refractivity contribution in [2.75, 3.05) is 13.7 Å². The van der Waals surface area contributed by atoms with Gasteiger partial charge in [-0.15, -0.1) is 0 Å². The van der Waals surface area contributed by atoms with Gasteiger partial charge in [0, 0.05) is 23.8 Å². The first kappa shape index (κ1) is 16.4. The van der Waals surface area contributed by atoms with Crippen molar-refractivity contribution in [2.45, 2.75) is 52.1 Å². The van der Waals surface area contributed by atoms with E-state index in [1.807, 2.05) is 26.1 Å². The molecule has 0 radical (unpaired) electrons. The highest BCUT2D eigenvalue weighted by molar-refractivity contribution is 9.10. The fourth-order valence-electron chi connectivity index (χ4n) is 1.60. The lowest BCUT2D eigenvalue weighted by Gasteiger charge is -2.22. The molecule has 4 heteroatoms. The Morgan fingerprint density at radius 3 is 2.68 bits per heavy atom. The Balaban J connectivity index is 2.62. The fourth-order valence-corrected chi connectivity index (χ4v) is 2.02. The van der Waals surface area contributed by atoms with Crippen LogP contribution >= 0.6 is 15.9 Å². The molecule has 1 aromatic heterocycles. The van der Waals surface area contributed by atoms with Crippen molar-refractivity contribution in [1.29, 1.82) is 0 Å². The number of aryl methyl sites for hydroxylation is 1. The number of methoxy groups -OCH3 is 1. The van der Waals surface area contributed by atoms with E-state index in [0.29, 0.717) is 12.5 Å². The van der Waals surface area contributed by atoms with Gasteiger partial charge in [0.1, 0.15) is 6.61 Å². The summed E-state index contributed by atoms with van der Waals surface area (Å²) in [5.41, 5.74) is 0.964. The van der Waals surface area contributed by atoms with E-state index in [1.54, 1.807) is 7.11 Å². The molecule has 1 rings (SSSR count). The zero-order valence-corrected chi connectivity index (χ0v) is 13.9. The molecule has 0 fully saturated rings. The summed E-state index contributed by atoms with van der Waals surface area (Å²) in [6.45, 7) is 6.69. The molecule has 3 nitrogen and oxygen atoms in total. The third-order valence-corrected chi connectivity index (χ3v) is 3.79. The highest BCUT2D eigenvalue weighted by Crippen LogP contribution is 2.22. The van der Waals surface area contributed by atoms with Gasteiger partial charge in [-0.3, -0.25) is 0 Å². The number of aromatic nitrogens is 1. The molecule has 0 N–H and O–H groups in total. The van der Waals surface area contributed by atoms with Crippen molar-refractivity contribution in [3.8, 4) is 5.88 Å². The summed E-state index contributed by atoms with van der Waals surface area (Å²) >= 11 is 3.54. The van der Waals surface area contributed by atoms with Crippen LogP contribution < -0.4 is 4.74 Å². The first-order valence-corrected chi connectivity index (χ1v) is 7.60. The lowest BCUT2D eigenvalue weighted by atomic mass is 10.1. The average molecular weight is 330 g/mol. The van der Waals surface area contributed by atoms with Gasteiger partial charge in [-0.05, 0) is 48.2 Å². The van der Waals surface area contributed by atoms with Crippen LogP contribution in [0.5, 0.6) is 5.88 Å². The standard InChI is InChI=1S/C15H24BrNO2/c1-5-6-7-8-12-9-14(17-10-13(12)16)19-11-15(2,3)18-4/h9-10H,5-8,11H2,1-4H3. The Kier molecular flexibility index (Phi) is 6.80. The summed E-state index contributed by atoms with van der Waals surface area (Å²) in [5.74, 6) is 0.667. The maximum absolute atomic E-state index is 5.71. The first-order chi connectivity index (χ1) is 8.98. The van der Waals surface area contributed by atoms with Gasteiger partial charge in [-0.2, -0.15) is 0 Å². The lowest BCUT2D eigenvalue weighted by molar-refractivity contribution is -0.0158. The Hall–Kier alpha value is -0.610. The number of rotatable bonds is 8. The summed E-state index contributed by atoms with van der Waals surface area (Å²) in [7, 11) is 1.69. The van der Waals surface area contributed by atoms with Crippen molar-refractivity contribution in [2.24, 2.45) is 0 Å². The molecule has 0 saturated carbocycles. The van der Waals surface area contributed by atoms with Crippen LogP contribution in [0.4, 0.5) is 0 Å². The van der Waals surface area contributed by atoms with Gasteiger partial charge in [0.05, 0.1) is 5.60 Å². The minimum Gasteiger partial charge on any atom is -0.475 e. The number of unbranched alkanes of at least 4 members (excludes halogenated alkanes) is 2. The van der Waals surface area contributed by atoms with Gasteiger partial charge in [-0.25, -0.2) is 4.98 Å². The van der Waals surface area contributed by atoms with E-state index in [4.69, 9.17) is 9.47 Å². The molecule has 0 atom stereocenters. The van der Waals surface area contributed by atoms with Crippen LogP contribution in [0, 0.1) is 0 Å². The fraction of sp³-hybridized carbons (Fsp3) is 0.667. The molecule has 0 spiro atoms. The molecule has 108 valence electrons. The third-order valence-electron chi connectivity index (χ3n) is 3.08. The van der Waals surface area contributed by atoms with E-state index in [1.165, 1.54) is 24.8 Å². The average Bonchev–Trinajstić information content (AvgIpc) is 2.40. The van der Waals surface area contributed by atoms with Crippen LogP contribution in [0.25, 0.3) is 0 Å². The van der Waals surface area contributed by atoms with Crippen LogP contribution in [0.2, 0.25) is 0 Å². The predicted molar refractivity (Wildman–Crippen MR) is 81.7 cm³/mol. The van der Waals surface area contributed by atoms with Crippen molar-refractivity contribution in [3.63, 3.8) is 0 Å². The van der Waals surface area contributed by atoms with Crippen molar-refractivity contribution in [1.82, 2.24) is 4.98 Å². The van der Waals surface area contributed by atoms with Crippen LogP contribution in [0.1, 0.15) is 45.6 Å². The van der Waals surface area contributed by atoms with E-state index < -0.39 is 0 Å². The summed E-state index contributed by atoms with van der Waals surface area (Å²) in [6.07, 6.45) is 6.55. The van der Waals surface area contributed by atoms with Crippen molar-refractivity contribution in [3.05, 3.63) is 22.3 Å². The van der Waals surface area contributed by atoms with Gasteiger partial charge in [0.25, 0.3) is 0 Å². The number of hydrogen-bond acceptors (Lipinski definition) is 3. The Bertz CT molecular complexity index is 394. The summed E-state index contributed by atoms with van der Waals surface area (Å²) < 4.78 is 12.1. The topological polar surface area (TPSA) is 31.4 Å². The van der Waals surface area contributed by atoms with Gasteiger partial charge in [-0.1, -0.05) is 19.8 Å². The van der Waals surface area contributed by atoms with Crippen LogP contribution in [0.3, 0.4) is 0 Å². The van der Waals surface area contributed by atoms with E-state index in [-0.39, 0.29) is 5.60 Å². The SMILES string of the molecule is CCCCCc1cc(OCC(C)(C)OC)ncc1Br. The molecule has 1 heterocycles. The number of hydrogen-bond donors (Lipinski definition) is 0. The normalized spacial score (nSPS) is 11.6. The molecule has 0 bridgehead atoms. The second-order valence-corrected chi connectivity index (χ2v) is 6.18. The molecule has 0 saturated heterocycles. The van der Waals surface area contributed by atoms with Gasteiger partial charge in [0.15, 0.2) is 0 Å². The second kappa shape index (κ2) is 7.85.